The zero-order valence-corrected chi connectivity index (χ0v) is 13.9. The molecular weight excluding hydrogens is 281 g/mol. The molecule has 1 N–H and O–H groups in total. The lowest BCUT2D eigenvalue weighted by atomic mass is 9.79. The Morgan fingerprint density at radius 2 is 1.64 bits per heavy atom. The molecule has 0 saturated carbocycles. The van der Waals surface area contributed by atoms with Gasteiger partial charge in [-0.05, 0) is 51.7 Å². The number of carbonyl (C=O) groups is 1. The number of hydrogen-bond donors (Lipinski definition) is 1. The van der Waals surface area contributed by atoms with E-state index in [1.54, 1.807) is 12.1 Å². The fourth-order valence-electron chi connectivity index (χ4n) is 2.35. The summed E-state index contributed by atoms with van der Waals surface area (Å²) in [5.41, 5.74) is 0.788. The lowest BCUT2D eigenvalue weighted by Gasteiger charge is -2.32. The highest BCUT2D eigenvalue weighted by Crippen LogP contribution is 2.36. The second kappa shape index (κ2) is 5.93. The molecular formula is C16H24BNO4. The molecule has 1 aromatic carbocycles. The van der Waals surface area contributed by atoms with E-state index >= 15 is 0 Å². The molecule has 0 radical (unpaired) electrons. The summed E-state index contributed by atoms with van der Waals surface area (Å²) in [6.07, 6.45) is -0.170. The van der Waals surface area contributed by atoms with Gasteiger partial charge in [-0.15, -0.1) is 0 Å². The van der Waals surface area contributed by atoms with Crippen LogP contribution in [0.15, 0.2) is 24.3 Å². The molecule has 0 aliphatic carbocycles. The predicted molar refractivity (Wildman–Crippen MR) is 87.8 cm³/mol. The number of anilines is 1. The Bertz CT molecular complexity index is 526. The molecule has 0 aromatic heterocycles. The van der Waals surface area contributed by atoms with E-state index in [2.05, 4.69) is 0 Å². The second-order valence-electron chi connectivity index (χ2n) is 6.61. The van der Waals surface area contributed by atoms with Crippen LogP contribution in [0, 0.1) is 0 Å². The summed E-state index contributed by atoms with van der Waals surface area (Å²) in [4.78, 5) is 12.6. The third kappa shape index (κ3) is 3.13. The summed E-state index contributed by atoms with van der Waals surface area (Å²) in [5, 5.41) is 9.25. The molecule has 120 valence electrons. The van der Waals surface area contributed by atoms with Crippen LogP contribution in [0.1, 0.15) is 41.0 Å². The summed E-state index contributed by atoms with van der Waals surface area (Å²) in [6.45, 7) is 10.5. The fraction of sp³-hybridized carbons (Fsp3) is 0.562. The highest BCUT2D eigenvalue weighted by molar-refractivity contribution is 6.62. The molecule has 0 atom stereocenters. The van der Waals surface area contributed by atoms with Crippen LogP contribution >= 0.6 is 0 Å². The summed E-state index contributed by atoms with van der Waals surface area (Å²) < 4.78 is 12.0. The van der Waals surface area contributed by atoms with Gasteiger partial charge in [-0.1, -0.05) is 19.1 Å². The maximum absolute atomic E-state index is 11.3. The maximum atomic E-state index is 11.3. The number of nitrogens with zero attached hydrogens (tertiary/aromatic N) is 1. The topological polar surface area (TPSA) is 59.0 Å². The third-order valence-electron chi connectivity index (χ3n) is 4.41. The Labute approximate surface area is 132 Å². The molecule has 1 fully saturated rings. The second-order valence-corrected chi connectivity index (χ2v) is 6.61. The van der Waals surface area contributed by atoms with Gasteiger partial charge in [0, 0.05) is 12.2 Å². The van der Waals surface area contributed by atoms with Gasteiger partial charge in [-0.3, -0.25) is 4.90 Å². The van der Waals surface area contributed by atoms with Crippen molar-refractivity contribution < 1.29 is 19.2 Å². The third-order valence-corrected chi connectivity index (χ3v) is 4.41. The molecule has 1 heterocycles. The predicted octanol–water partition coefficient (Wildman–Crippen LogP) is 2.88. The van der Waals surface area contributed by atoms with Gasteiger partial charge in [0.05, 0.1) is 11.2 Å². The largest absolute Gasteiger partial charge is 0.494 e. The lowest BCUT2D eigenvalue weighted by molar-refractivity contribution is 0.00578. The van der Waals surface area contributed by atoms with Gasteiger partial charge in [0.1, 0.15) is 0 Å². The maximum Gasteiger partial charge on any atom is 0.494 e. The van der Waals surface area contributed by atoms with Crippen LogP contribution in [0.3, 0.4) is 0 Å². The molecule has 6 heteroatoms. The molecule has 1 aromatic rings. The highest BCUT2D eigenvalue weighted by Gasteiger charge is 2.51. The van der Waals surface area contributed by atoms with E-state index in [0.29, 0.717) is 12.2 Å². The first-order valence-electron chi connectivity index (χ1n) is 7.64. The summed E-state index contributed by atoms with van der Waals surface area (Å²) in [7, 11) is -0.427. The average Bonchev–Trinajstić information content (AvgIpc) is 2.65. The quantitative estimate of drug-likeness (QED) is 0.869. The molecule has 1 amide bonds. The molecule has 0 spiro atoms. The van der Waals surface area contributed by atoms with E-state index in [0.717, 1.165) is 11.9 Å². The van der Waals surface area contributed by atoms with Crippen LogP contribution in [0.25, 0.3) is 0 Å². The van der Waals surface area contributed by atoms with Crippen molar-refractivity contribution in [3.05, 3.63) is 24.3 Å². The first-order valence-corrected chi connectivity index (χ1v) is 7.64. The molecule has 22 heavy (non-hydrogen) atoms. The van der Waals surface area contributed by atoms with Crippen molar-refractivity contribution >= 4 is 24.4 Å². The van der Waals surface area contributed by atoms with Crippen LogP contribution in [-0.2, 0) is 9.31 Å². The lowest BCUT2D eigenvalue weighted by Crippen LogP contribution is -2.41. The molecule has 1 saturated heterocycles. The zero-order valence-electron chi connectivity index (χ0n) is 13.9. The van der Waals surface area contributed by atoms with Crippen molar-refractivity contribution in [2.45, 2.75) is 52.2 Å². The van der Waals surface area contributed by atoms with Gasteiger partial charge < -0.3 is 14.4 Å². The van der Waals surface area contributed by atoms with Gasteiger partial charge >= 0.3 is 13.2 Å². The standard InChI is InChI=1S/C16H24BNO4/c1-6-11-18(14(19)20)13-9-7-12(8-10-13)17-21-15(2,3)16(4,5)22-17/h7-10H,6,11H2,1-5H3,(H,19,20). The summed E-state index contributed by atoms with van der Waals surface area (Å²) >= 11 is 0. The minimum absolute atomic E-state index is 0.383. The zero-order chi connectivity index (χ0) is 16.5. The summed E-state index contributed by atoms with van der Waals surface area (Å²) in [5.74, 6) is 0. The average molecular weight is 305 g/mol. The Balaban J connectivity index is 2.18. The van der Waals surface area contributed by atoms with Crippen molar-refractivity contribution in [2.24, 2.45) is 0 Å². The van der Waals surface area contributed by atoms with Crippen LogP contribution in [-0.4, -0.2) is 36.1 Å². The molecule has 1 aliphatic rings. The van der Waals surface area contributed by atoms with Gasteiger partial charge in [0.25, 0.3) is 0 Å². The Kier molecular flexibility index (Phi) is 4.54. The first-order chi connectivity index (χ1) is 10.2. The van der Waals surface area contributed by atoms with E-state index in [1.165, 1.54) is 4.90 Å². The Morgan fingerprint density at radius 3 is 2.05 bits per heavy atom. The monoisotopic (exact) mass is 305 g/mol. The normalized spacial score (nSPS) is 19.2. The number of rotatable bonds is 4. The minimum Gasteiger partial charge on any atom is -0.465 e. The van der Waals surface area contributed by atoms with Crippen molar-refractivity contribution in [1.29, 1.82) is 0 Å². The van der Waals surface area contributed by atoms with Crippen molar-refractivity contribution in [3.63, 3.8) is 0 Å². The summed E-state index contributed by atoms with van der Waals surface area (Å²) in [6, 6.07) is 7.32. The smallest absolute Gasteiger partial charge is 0.465 e. The van der Waals surface area contributed by atoms with Crippen molar-refractivity contribution in [2.75, 3.05) is 11.4 Å². The van der Waals surface area contributed by atoms with Gasteiger partial charge in [-0.2, -0.15) is 0 Å². The van der Waals surface area contributed by atoms with Gasteiger partial charge in [0.2, 0.25) is 0 Å². The molecule has 1 aliphatic heterocycles. The number of amides is 1. The Hall–Kier alpha value is -1.53. The van der Waals surface area contributed by atoms with Crippen LogP contribution in [0.5, 0.6) is 0 Å². The SMILES string of the molecule is CCCN(C(=O)O)c1ccc(B2OC(C)(C)C(C)(C)O2)cc1. The minimum atomic E-state index is -0.940. The van der Waals surface area contributed by atoms with E-state index < -0.39 is 13.2 Å². The van der Waals surface area contributed by atoms with E-state index in [9.17, 15) is 9.90 Å². The molecule has 0 bridgehead atoms. The van der Waals surface area contributed by atoms with Gasteiger partial charge in [-0.25, -0.2) is 4.79 Å². The van der Waals surface area contributed by atoms with E-state index in [4.69, 9.17) is 9.31 Å². The number of carboxylic acid groups (broad SMARTS) is 1. The highest BCUT2D eigenvalue weighted by atomic mass is 16.7. The first kappa shape index (κ1) is 16.8. The van der Waals surface area contributed by atoms with Gasteiger partial charge in [0.15, 0.2) is 0 Å². The van der Waals surface area contributed by atoms with Crippen molar-refractivity contribution in [3.8, 4) is 0 Å². The number of hydrogen-bond acceptors (Lipinski definition) is 3. The fourth-order valence-corrected chi connectivity index (χ4v) is 2.35. The van der Waals surface area contributed by atoms with E-state index in [-0.39, 0.29) is 11.2 Å². The van der Waals surface area contributed by atoms with Crippen LogP contribution in [0.4, 0.5) is 10.5 Å². The van der Waals surface area contributed by atoms with Crippen LogP contribution in [0.2, 0.25) is 0 Å². The molecule has 5 nitrogen and oxygen atoms in total. The number of benzene rings is 1. The molecule has 0 unspecified atom stereocenters. The van der Waals surface area contributed by atoms with Crippen molar-refractivity contribution in [1.82, 2.24) is 0 Å². The van der Waals surface area contributed by atoms with Crippen LogP contribution < -0.4 is 10.4 Å². The van der Waals surface area contributed by atoms with E-state index in [1.807, 2.05) is 46.8 Å². The Morgan fingerprint density at radius 1 is 1.14 bits per heavy atom. The molecule has 2 rings (SSSR count).